The smallest absolute Gasteiger partial charge is 0.396 e. The van der Waals surface area contributed by atoms with Crippen molar-refractivity contribution in [2.75, 3.05) is 26.2 Å². The van der Waals surface area contributed by atoms with Crippen LogP contribution in [0.2, 0.25) is 0 Å². The minimum atomic E-state index is -4.32. The number of alkyl halides is 3. The molecule has 1 fully saturated rings. The highest BCUT2D eigenvalue weighted by Crippen LogP contribution is 2.30. The predicted octanol–water partition coefficient (Wildman–Crippen LogP) is 3.77. The fourth-order valence-corrected chi connectivity index (χ4v) is 3.65. The lowest BCUT2D eigenvalue weighted by molar-refractivity contribution is -0.137. The summed E-state index contributed by atoms with van der Waals surface area (Å²) < 4.78 is 38.8. The molecule has 0 saturated carbocycles. The third kappa shape index (κ3) is 5.54. The van der Waals surface area contributed by atoms with Gasteiger partial charge in [0.15, 0.2) is 0 Å². The summed E-state index contributed by atoms with van der Waals surface area (Å²) in [5.74, 6) is 0. The van der Waals surface area contributed by atoms with E-state index in [2.05, 4.69) is 21.9 Å². The van der Waals surface area contributed by atoms with E-state index in [9.17, 15) is 18.3 Å². The third-order valence-corrected chi connectivity index (χ3v) is 5.04. The Labute approximate surface area is 158 Å². The monoisotopic (exact) mass is 378 g/mol. The van der Waals surface area contributed by atoms with Crippen molar-refractivity contribution in [1.82, 2.24) is 9.80 Å². The van der Waals surface area contributed by atoms with Crippen LogP contribution in [0.1, 0.15) is 23.1 Å². The van der Waals surface area contributed by atoms with E-state index in [0.717, 1.165) is 32.2 Å². The second-order valence-corrected chi connectivity index (χ2v) is 7.06. The maximum atomic E-state index is 12.9. The SMILES string of the molecule is OCC[C@H]1CN(Cc2cccc(C(F)(F)F)c2)CCN1Cc1ccccc1. The molecule has 1 N–H and O–H groups in total. The van der Waals surface area contributed by atoms with E-state index < -0.39 is 11.7 Å². The summed E-state index contributed by atoms with van der Waals surface area (Å²) >= 11 is 0. The standard InChI is InChI=1S/C21H25F3N2O/c22-21(23,24)19-8-4-7-18(13-19)14-25-10-11-26(20(16-25)9-12-27)15-17-5-2-1-3-6-17/h1-8,13,20,27H,9-12,14-16H2/t20-/m0/s1. The minimum absolute atomic E-state index is 0.105. The van der Waals surface area contributed by atoms with Gasteiger partial charge in [0.25, 0.3) is 0 Å². The molecule has 0 amide bonds. The normalized spacial score (nSPS) is 19.3. The molecule has 1 aliphatic heterocycles. The van der Waals surface area contributed by atoms with Gasteiger partial charge in [0.1, 0.15) is 0 Å². The molecule has 1 aliphatic rings. The van der Waals surface area contributed by atoms with Crippen molar-refractivity contribution in [3.63, 3.8) is 0 Å². The molecule has 146 valence electrons. The highest BCUT2D eigenvalue weighted by molar-refractivity contribution is 5.25. The zero-order valence-corrected chi connectivity index (χ0v) is 15.2. The van der Waals surface area contributed by atoms with Crippen LogP contribution in [0.5, 0.6) is 0 Å². The van der Waals surface area contributed by atoms with Crippen LogP contribution < -0.4 is 0 Å². The summed E-state index contributed by atoms with van der Waals surface area (Å²) in [6.45, 7) is 3.79. The summed E-state index contributed by atoms with van der Waals surface area (Å²) in [7, 11) is 0. The average molecular weight is 378 g/mol. The zero-order chi connectivity index (χ0) is 19.3. The van der Waals surface area contributed by atoms with Gasteiger partial charge in [0, 0.05) is 45.4 Å². The van der Waals surface area contributed by atoms with E-state index >= 15 is 0 Å². The van der Waals surface area contributed by atoms with E-state index in [1.165, 1.54) is 17.7 Å². The number of piperazine rings is 1. The fourth-order valence-electron chi connectivity index (χ4n) is 3.65. The number of aliphatic hydroxyl groups is 1. The van der Waals surface area contributed by atoms with Crippen LogP contribution in [0.3, 0.4) is 0 Å². The van der Waals surface area contributed by atoms with Crippen molar-refractivity contribution in [2.45, 2.75) is 31.7 Å². The number of benzene rings is 2. The third-order valence-electron chi connectivity index (χ3n) is 5.04. The Hall–Kier alpha value is -1.89. The Balaban J connectivity index is 1.64. The molecule has 1 saturated heterocycles. The van der Waals surface area contributed by atoms with Crippen LogP contribution in [0.15, 0.2) is 54.6 Å². The molecule has 0 aliphatic carbocycles. The number of aliphatic hydroxyl groups excluding tert-OH is 1. The van der Waals surface area contributed by atoms with Crippen LogP contribution in [0.25, 0.3) is 0 Å². The van der Waals surface area contributed by atoms with E-state index in [0.29, 0.717) is 18.5 Å². The average Bonchev–Trinajstić information content (AvgIpc) is 2.64. The summed E-state index contributed by atoms with van der Waals surface area (Å²) in [4.78, 5) is 4.53. The van der Waals surface area contributed by atoms with Crippen molar-refractivity contribution in [1.29, 1.82) is 0 Å². The number of hydrogen-bond donors (Lipinski definition) is 1. The first-order valence-electron chi connectivity index (χ1n) is 9.23. The topological polar surface area (TPSA) is 26.7 Å². The van der Waals surface area contributed by atoms with E-state index in [1.54, 1.807) is 6.07 Å². The molecule has 0 spiro atoms. The highest BCUT2D eigenvalue weighted by Gasteiger charge is 2.31. The summed E-state index contributed by atoms with van der Waals surface area (Å²) in [5.41, 5.74) is 1.30. The van der Waals surface area contributed by atoms with E-state index in [-0.39, 0.29) is 12.6 Å². The van der Waals surface area contributed by atoms with Gasteiger partial charge >= 0.3 is 6.18 Å². The molecule has 0 unspecified atom stereocenters. The first kappa shape index (κ1) is 19.9. The van der Waals surface area contributed by atoms with Crippen molar-refractivity contribution < 1.29 is 18.3 Å². The molecule has 1 heterocycles. The Morgan fingerprint density at radius 3 is 2.37 bits per heavy atom. The van der Waals surface area contributed by atoms with Crippen LogP contribution in [0, 0.1) is 0 Å². The van der Waals surface area contributed by atoms with Crippen LogP contribution >= 0.6 is 0 Å². The molecule has 6 heteroatoms. The Morgan fingerprint density at radius 2 is 1.67 bits per heavy atom. The van der Waals surface area contributed by atoms with Gasteiger partial charge in [-0.05, 0) is 23.6 Å². The Morgan fingerprint density at radius 1 is 0.926 bits per heavy atom. The van der Waals surface area contributed by atoms with Crippen molar-refractivity contribution in [2.24, 2.45) is 0 Å². The van der Waals surface area contributed by atoms with Gasteiger partial charge in [0.2, 0.25) is 0 Å². The second-order valence-electron chi connectivity index (χ2n) is 7.06. The van der Waals surface area contributed by atoms with Crippen LogP contribution in [0.4, 0.5) is 13.2 Å². The zero-order valence-electron chi connectivity index (χ0n) is 15.2. The van der Waals surface area contributed by atoms with Crippen molar-refractivity contribution in [3.05, 3.63) is 71.3 Å². The summed E-state index contributed by atoms with van der Waals surface area (Å²) in [6.07, 6.45) is -3.66. The lowest BCUT2D eigenvalue weighted by atomic mass is 10.1. The highest BCUT2D eigenvalue weighted by atomic mass is 19.4. The molecule has 0 aromatic heterocycles. The van der Waals surface area contributed by atoms with E-state index in [4.69, 9.17) is 0 Å². The summed E-state index contributed by atoms with van der Waals surface area (Å²) in [6, 6.07) is 15.9. The molecule has 0 radical (unpaired) electrons. The number of hydrogen-bond acceptors (Lipinski definition) is 3. The van der Waals surface area contributed by atoms with Gasteiger partial charge in [-0.1, -0.05) is 48.5 Å². The lowest BCUT2D eigenvalue weighted by Crippen LogP contribution is -2.52. The van der Waals surface area contributed by atoms with Crippen LogP contribution in [-0.2, 0) is 19.3 Å². The molecule has 27 heavy (non-hydrogen) atoms. The van der Waals surface area contributed by atoms with Gasteiger partial charge < -0.3 is 5.11 Å². The van der Waals surface area contributed by atoms with Gasteiger partial charge in [-0.25, -0.2) is 0 Å². The van der Waals surface area contributed by atoms with Gasteiger partial charge in [-0.15, -0.1) is 0 Å². The molecule has 1 atom stereocenters. The Bertz CT molecular complexity index is 721. The van der Waals surface area contributed by atoms with Gasteiger partial charge in [0.05, 0.1) is 5.56 Å². The molecular formula is C21H25F3N2O. The molecule has 0 bridgehead atoms. The largest absolute Gasteiger partial charge is 0.416 e. The van der Waals surface area contributed by atoms with Crippen LogP contribution in [-0.4, -0.2) is 47.2 Å². The second kappa shape index (κ2) is 8.87. The van der Waals surface area contributed by atoms with Gasteiger partial charge in [-0.2, -0.15) is 13.2 Å². The molecule has 2 aromatic carbocycles. The Kier molecular flexibility index (Phi) is 6.52. The number of nitrogens with zero attached hydrogens (tertiary/aromatic N) is 2. The first-order chi connectivity index (χ1) is 13.0. The number of halogens is 3. The first-order valence-corrected chi connectivity index (χ1v) is 9.23. The van der Waals surface area contributed by atoms with Gasteiger partial charge in [-0.3, -0.25) is 9.80 Å². The fraction of sp³-hybridized carbons (Fsp3) is 0.429. The summed E-state index contributed by atoms with van der Waals surface area (Å²) in [5, 5.41) is 9.43. The maximum absolute atomic E-state index is 12.9. The van der Waals surface area contributed by atoms with Crippen molar-refractivity contribution in [3.8, 4) is 0 Å². The molecule has 3 rings (SSSR count). The predicted molar refractivity (Wildman–Crippen MR) is 99.1 cm³/mol. The van der Waals surface area contributed by atoms with E-state index in [1.807, 2.05) is 18.2 Å². The quantitative estimate of drug-likeness (QED) is 0.829. The van der Waals surface area contributed by atoms with Crippen molar-refractivity contribution >= 4 is 0 Å². The maximum Gasteiger partial charge on any atom is 0.416 e. The minimum Gasteiger partial charge on any atom is -0.396 e. The molecular weight excluding hydrogens is 353 g/mol. The number of rotatable bonds is 6. The molecule has 3 nitrogen and oxygen atoms in total. The molecule has 2 aromatic rings. The lowest BCUT2D eigenvalue weighted by Gasteiger charge is -2.41.